The second-order valence-corrected chi connectivity index (χ2v) is 5.74. The molecule has 0 N–H and O–H groups in total. The second-order valence-electron chi connectivity index (χ2n) is 4.11. The van der Waals surface area contributed by atoms with Gasteiger partial charge in [-0.2, -0.15) is 0 Å². The van der Waals surface area contributed by atoms with E-state index in [0.29, 0.717) is 0 Å². The highest BCUT2D eigenvalue weighted by Crippen LogP contribution is 2.25. The topological polar surface area (TPSA) is 35.6 Å². The Morgan fingerprint density at radius 3 is 1.61 bits per heavy atom. The molecule has 0 aliphatic carbocycles. The Balaban J connectivity index is 2.48. The van der Waals surface area contributed by atoms with E-state index in [1.54, 1.807) is 0 Å². The van der Waals surface area contributed by atoms with Crippen molar-refractivity contribution in [2.75, 3.05) is 0 Å². The molecule has 0 aliphatic heterocycles. The summed E-state index contributed by atoms with van der Waals surface area (Å²) in [5.41, 5.74) is 0. The standard InChI is InChI=1S/C12H16Br2N4/c1-3-5-17-9(13)7-15-11(17)12-16-8-10(14)18(12)6-4-2/h7-8H,3-6H2,1-2H3. The van der Waals surface area contributed by atoms with Crippen molar-refractivity contribution in [3.63, 3.8) is 0 Å². The Morgan fingerprint density at radius 2 is 1.28 bits per heavy atom. The van der Waals surface area contributed by atoms with Gasteiger partial charge in [0, 0.05) is 13.1 Å². The summed E-state index contributed by atoms with van der Waals surface area (Å²) < 4.78 is 6.31. The minimum atomic E-state index is 0.919. The fraction of sp³-hybridized carbons (Fsp3) is 0.500. The molecule has 0 aromatic carbocycles. The average Bonchev–Trinajstić information content (AvgIpc) is 2.87. The zero-order chi connectivity index (χ0) is 13.1. The maximum atomic E-state index is 4.47. The molecule has 6 heteroatoms. The third kappa shape index (κ3) is 2.54. The fourth-order valence-corrected chi connectivity index (χ4v) is 2.83. The largest absolute Gasteiger partial charge is 0.316 e. The molecular formula is C12H16Br2N4. The molecule has 0 saturated carbocycles. The van der Waals surface area contributed by atoms with Crippen LogP contribution in [0.2, 0.25) is 0 Å². The van der Waals surface area contributed by atoms with Crippen molar-refractivity contribution in [1.29, 1.82) is 0 Å². The number of halogens is 2. The molecule has 2 aromatic rings. The molecule has 0 unspecified atom stereocenters. The third-order valence-electron chi connectivity index (χ3n) is 2.71. The third-order valence-corrected chi connectivity index (χ3v) is 3.97. The van der Waals surface area contributed by atoms with Gasteiger partial charge in [0.1, 0.15) is 9.21 Å². The lowest BCUT2D eigenvalue weighted by molar-refractivity contribution is 0.643. The van der Waals surface area contributed by atoms with Crippen LogP contribution in [0.1, 0.15) is 26.7 Å². The van der Waals surface area contributed by atoms with Gasteiger partial charge < -0.3 is 9.13 Å². The lowest BCUT2D eigenvalue weighted by Gasteiger charge is -2.10. The first kappa shape index (κ1) is 13.8. The van der Waals surface area contributed by atoms with E-state index in [1.807, 2.05) is 12.4 Å². The monoisotopic (exact) mass is 374 g/mol. The zero-order valence-electron chi connectivity index (χ0n) is 10.5. The van der Waals surface area contributed by atoms with E-state index in [2.05, 4.69) is 64.8 Å². The Bertz CT molecular complexity index is 482. The predicted octanol–water partition coefficient (Wildman–Crippen LogP) is 4.09. The van der Waals surface area contributed by atoms with Crippen molar-refractivity contribution < 1.29 is 0 Å². The maximum Gasteiger partial charge on any atom is 0.177 e. The molecule has 98 valence electrons. The minimum Gasteiger partial charge on any atom is -0.316 e. The van der Waals surface area contributed by atoms with Crippen LogP contribution in [0.4, 0.5) is 0 Å². The van der Waals surface area contributed by atoms with Crippen LogP contribution >= 0.6 is 31.9 Å². The molecule has 0 saturated heterocycles. The normalized spacial score (nSPS) is 11.1. The Labute approximate surface area is 124 Å². The number of aromatic nitrogens is 4. The molecule has 0 fully saturated rings. The van der Waals surface area contributed by atoms with Gasteiger partial charge in [-0.05, 0) is 44.7 Å². The number of rotatable bonds is 5. The number of hydrogen-bond acceptors (Lipinski definition) is 2. The molecule has 4 nitrogen and oxygen atoms in total. The van der Waals surface area contributed by atoms with Gasteiger partial charge in [-0.25, -0.2) is 9.97 Å². The summed E-state index contributed by atoms with van der Waals surface area (Å²) in [6.07, 6.45) is 5.81. The van der Waals surface area contributed by atoms with Crippen molar-refractivity contribution in [3.05, 3.63) is 21.6 Å². The van der Waals surface area contributed by atoms with Gasteiger partial charge in [0.25, 0.3) is 0 Å². The molecule has 2 heterocycles. The van der Waals surface area contributed by atoms with Crippen LogP contribution in [0.15, 0.2) is 21.6 Å². The van der Waals surface area contributed by atoms with Crippen LogP contribution < -0.4 is 0 Å². The molecule has 18 heavy (non-hydrogen) atoms. The first-order valence-electron chi connectivity index (χ1n) is 6.11. The van der Waals surface area contributed by atoms with Crippen LogP contribution in [0.25, 0.3) is 11.6 Å². The Morgan fingerprint density at radius 1 is 0.889 bits per heavy atom. The highest BCUT2D eigenvalue weighted by molar-refractivity contribution is 9.10. The summed E-state index contributed by atoms with van der Waals surface area (Å²) in [5, 5.41) is 0. The average molecular weight is 376 g/mol. The first-order valence-corrected chi connectivity index (χ1v) is 7.70. The van der Waals surface area contributed by atoms with E-state index < -0.39 is 0 Å². The lowest BCUT2D eigenvalue weighted by atomic mass is 10.4. The number of nitrogens with zero attached hydrogens (tertiary/aromatic N) is 4. The molecule has 0 aliphatic rings. The molecule has 2 aromatic heterocycles. The van der Waals surface area contributed by atoms with Crippen molar-refractivity contribution in [2.24, 2.45) is 0 Å². The smallest absolute Gasteiger partial charge is 0.177 e. The number of imidazole rings is 2. The molecule has 0 amide bonds. The first-order chi connectivity index (χ1) is 8.69. The van der Waals surface area contributed by atoms with Gasteiger partial charge in [-0.15, -0.1) is 0 Å². The highest BCUT2D eigenvalue weighted by atomic mass is 79.9. The van der Waals surface area contributed by atoms with E-state index in [4.69, 9.17) is 0 Å². The van der Waals surface area contributed by atoms with E-state index in [0.717, 1.165) is 46.8 Å². The van der Waals surface area contributed by atoms with Crippen LogP contribution in [0.5, 0.6) is 0 Å². The molecule has 0 radical (unpaired) electrons. The van der Waals surface area contributed by atoms with E-state index in [9.17, 15) is 0 Å². The van der Waals surface area contributed by atoms with Crippen LogP contribution in [0.3, 0.4) is 0 Å². The van der Waals surface area contributed by atoms with E-state index in [1.165, 1.54) is 0 Å². The summed E-state index contributed by atoms with van der Waals surface area (Å²) in [6.45, 7) is 6.19. The molecule has 0 bridgehead atoms. The van der Waals surface area contributed by atoms with Crippen LogP contribution in [-0.2, 0) is 13.1 Å². The van der Waals surface area contributed by atoms with Gasteiger partial charge in [-0.1, -0.05) is 13.8 Å². The minimum absolute atomic E-state index is 0.919. The lowest BCUT2D eigenvalue weighted by Crippen LogP contribution is -2.06. The fourth-order valence-electron chi connectivity index (χ4n) is 1.94. The second kappa shape index (κ2) is 6.02. The summed E-state index contributed by atoms with van der Waals surface area (Å²) in [7, 11) is 0. The molecule has 2 rings (SSSR count). The summed E-state index contributed by atoms with van der Waals surface area (Å²) >= 11 is 7.07. The Hall–Kier alpha value is -0.620. The van der Waals surface area contributed by atoms with Gasteiger partial charge in [0.05, 0.1) is 12.4 Å². The maximum absolute atomic E-state index is 4.47. The van der Waals surface area contributed by atoms with Gasteiger partial charge >= 0.3 is 0 Å². The van der Waals surface area contributed by atoms with Crippen molar-refractivity contribution in [1.82, 2.24) is 19.1 Å². The quantitative estimate of drug-likeness (QED) is 0.788. The Kier molecular flexibility index (Phi) is 4.61. The van der Waals surface area contributed by atoms with Crippen LogP contribution in [-0.4, -0.2) is 19.1 Å². The molecule has 0 spiro atoms. The van der Waals surface area contributed by atoms with E-state index >= 15 is 0 Å². The zero-order valence-corrected chi connectivity index (χ0v) is 13.7. The summed E-state index contributed by atoms with van der Waals surface area (Å²) in [5.74, 6) is 1.84. The van der Waals surface area contributed by atoms with Crippen molar-refractivity contribution >= 4 is 31.9 Å². The van der Waals surface area contributed by atoms with E-state index in [-0.39, 0.29) is 0 Å². The summed E-state index contributed by atoms with van der Waals surface area (Å²) in [6, 6.07) is 0. The highest BCUT2D eigenvalue weighted by Gasteiger charge is 2.16. The molecular weight excluding hydrogens is 360 g/mol. The van der Waals surface area contributed by atoms with Crippen molar-refractivity contribution in [2.45, 2.75) is 39.8 Å². The summed E-state index contributed by atoms with van der Waals surface area (Å²) in [4.78, 5) is 8.95. The van der Waals surface area contributed by atoms with Gasteiger partial charge in [-0.3, -0.25) is 0 Å². The SMILES string of the molecule is CCCn1c(Br)cnc1-c1ncc(Br)n1CCC. The van der Waals surface area contributed by atoms with Gasteiger partial charge in [0.15, 0.2) is 11.6 Å². The molecule has 0 atom stereocenters. The van der Waals surface area contributed by atoms with Crippen LogP contribution in [0, 0.1) is 0 Å². The van der Waals surface area contributed by atoms with Gasteiger partial charge in [0.2, 0.25) is 0 Å². The number of hydrogen-bond donors (Lipinski definition) is 0. The van der Waals surface area contributed by atoms with Crippen molar-refractivity contribution in [3.8, 4) is 11.6 Å². The predicted molar refractivity (Wildman–Crippen MR) is 79.4 cm³/mol.